The Hall–Kier alpha value is -3.84. The van der Waals surface area contributed by atoms with Gasteiger partial charge in [0.1, 0.15) is 0 Å². The number of aromatic nitrogens is 4. The number of benzene rings is 2. The third-order valence-corrected chi connectivity index (χ3v) is 5.92. The minimum atomic E-state index is -0.0575. The number of rotatable bonds is 5. The first-order valence-electron chi connectivity index (χ1n) is 11.0. The average Bonchev–Trinajstić information content (AvgIpc) is 3.39. The lowest BCUT2D eigenvalue weighted by atomic mass is 9.98. The van der Waals surface area contributed by atoms with Crippen molar-refractivity contribution in [3.05, 3.63) is 96.1 Å². The first kappa shape index (κ1) is 21.0. The Morgan fingerprint density at radius 1 is 1.00 bits per heavy atom. The molecule has 0 radical (unpaired) electrons. The van der Waals surface area contributed by atoms with Gasteiger partial charge in [0, 0.05) is 18.9 Å². The normalized spacial score (nSPS) is 16.0. The maximum atomic E-state index is 13.8. The van der Waals surface area contributed by atoms with Crippen LogP contribution in [-0.2, 0) is 11.2 Å². The number of hydrogen-bond acceptors (Lipinski definition) is 5. The third kappa shape index (κ3) is 4.54. The van der Waals surface area contributed by atoms with Gasteiger partial charge in [-0.05, 0) is 54.3 Å². The number of carbonyl (C=O) groups excluding carboxylic acids is 1. The van der Waals surface area contributed by atoms with Crippen LogP contribution in [0.4, 0.5) is 0 Å². The van der Waals surface area contributed by atoms with E-state index in [2.05, 4.69) is 39.4 Å². The maximum Gasteiger partial charge on any atom is 0.256 e. The van der Waals surface area contributed by atoms with Gasteiger partial charge >= 0.3 is 0 Å². The quantitative estimate of drug-likeness (QED) is 0.474. The SMILES string of the molecule is Cc1ccc(-n2nccn2)c(C(=O)N2CCOC[C@H]2Cc2cccc(-c3ccncc3)c2)c1. The molecule has 1 fully saturated rings. The van der Waals surface area contributed by atoms with Crippen molar-refractivity contribution < 1.29 is 9.53 Å². The maximum absolute atomic E-state index is 13.8. The summed E-state index contributed by atoms with van der Waals surface area (Å²) < 4.78 is 5.78. The molecule has 1 amide bonds. The number of hydrogen-bond donors (Lipinski definition) is 0. The number of morpholine rings is 1. The molecule has 0 aliphatic carbocycles. The van der Waals surface area contributed by atoms with Crippen molar-refractivity contribution in [1.29, 1.82) is 0 Å². The van der Waals surface area contributed by atoms with Gasteiger partial charge in [-0.2, -0.15) is 15.0 Å². The Bertz CT molecular complexity index is 1240. The number of ether oxygens (including phenoxy) is 1. The lowest BCUT2D eigenvalue weighted by molar-refractivity contribution is -0.00165. The standard InChI is InChI=1S/C26H25N5O2/c1-19-5-6-25(31-28-11-12-29-31)24(15-19)26(32)30-13-14-33-18-23(30)17-20-3-2-4-22(16-20)21-7-9-27-10-8-21/h2-12,15-16,23H,13-14,17-18H2,1H3/t23-/m1/s1. The number of aryl methyl sites for hydroxylation is 1. The van der Waals surface area contributed by atoms with Crippen LogP contribution in [0.25, 0.3) is 16.8 Å². The zero-order chi connectivity index (χ0) is 22.6. The number of carbonyl (C=O) groups is 1. The molecule has 4 aromatic rings. The smallest absolute Gasteiger partial charge is 0.256 e. The summed E-state index contributed by atoms with van der Waals surface area (Å²) in [5.41, 5.74) is 5.72. The molecule has 2 aromatic heterocycles. The molecule has 7 heteroatoms. The molecule has 33 heavy (non-hydrogen) atoms. The fourth-order valence-electron chi connectivity index (χ4n) is 4.28. The van der Waals surface area contributed by atoms with Gasteiger partial charge < -0.3 is 9.64 Å². The summed E-state index contributed by atoms with van der Waals surface area (Å²) in [5, 5.41) is 8.47. The minimum absolute atomic E-state index is 0.0235. The highest BCUT2D eigenvalue weighted by Gasteiger charge is 2.30. The van der Waals surface area contributed by atoms with Crippen molar-refractivity contribution >= 4 is 5.91 Å². The molecule has 3 heterocycles. The highest BCUT2D eigenvalue weighted by atomic mass is 16.5. The molecule has 0 unspecified atom stereocenters. The molecule has 5 rings (SSSR count). The Morgan fingerprint density at radius 3 is 2.64 bits per heavy atom. The van der Waals surface area contributed by atoms with Crippen LogP contribution < -0.4 is 0 Å². The van der Waals surface area contributed by atoms with Crippen molar-refractivity contribution in [2.45, 2.75) is 19.4 Å². The summed E-state index contributed by atoms with van der Waals surface area (Å²) in [6, 6.07) is 18.2. The lowest BCUT2D eigenvalue weighted by Crippen LogP contribution is -2.50. The monoisotopic (exact) mass is 439 g/mol. The van der Waals surface area contributed by atoms with Crippen molar-refractivity contribution in [2.24, 2.45) is 0 Å². The zero-order valence-corrected chi connectivity index (χ0v) is 18.5. The minimum Gasteiger partial charge on any atom is -0.377 e. The molecule has 2 aromatic carbocycles. The van der Waals surface area contributed by atoms with E-state index in [0.29, 0.717) is 37.4 Å². The van der Waals surface area contributed by atoms with E-state index in [1.807, 2.05) is 42.2 Å². The average molecular weight is 440 g/mol. The van der Waals surface area contributed by atoms with E-state index in [4.69, 9.17) is 4.74 Å². The van der Waals surface area contributed by atoms with Crippen LogP contribution in [0.2, 0.25) is 0 Å². The molecule has 0 saturated carbocycles. The molecule has 1 aliphatic heterocycles. The predicted octanol–water partition coefficient (Wildman–Crippen LogP) is 3.72. The summed E-state index contributed by atoms with van der Waals surface area (Å²) >= 11 is 0. The fourth-order valence-corrected chi connectivity index (χ4v) is 4.28. The summed E-state index contributed by atoms with van der Waals surface area (Å²) in [4.78, 5) is 21.3. The van der Waals surface area contributed by atoms with E-state index in [9.17, 15) is 4.79 Å². The Balaban J connectivity index is 1.43. The first-order chi connectivity index (χ1) is 16.2. The first-order valence-corrected chi connectivity index (χ1v) is 11.0. The van der Waals surface area contributed by atoms with Crippen LogP contribution in [0.5, 0.6) is 0 Å². The number of nitrogens with zero attached hydrogens (tertiary/aromatic N) is 5. The van der Waals surface area contributed by atoms with Crippen LogP contribution in [0.3, 0.4) is 0 Å². The van der Waals surface area contributed by atoms with Crippen LogP contribution in [0, 0.1) is 6.92 Å². The second-order valence-corrected chi connectivity index (χ2v) is 8.21. The molecular formula is C26H25N5O2. The van der Waals surface area contributed by atoms with Gasteiger partial charge in [0.25, 0.3) is 5.91 Å². The topological polar surface area (TPSA) is 73.1 Å². The zero-order valence-electron chi connectivity index (χ0n) is 18.5. The van der Waals surface area contributed by atoms with Gasteiger partial charge in [0.15, 0.2) is 0 Å². The molecule has 0 bridgehead atoms. The van der Waals surface area contributed by atoms with Crippen molar-refractivity contribution in [1.82, 2.24) is 24.9 Å². The van der Waals surface area contributed by atoms with E-state index in [0.717, 1.165) is 22.3 Å². The summed E-state index contributed by atoms with van der Waals surface area (Å²) in [7, 11) is 0. The van der Waals surface area contributed by atoms with Crippen molar-refractivity contribution in [2.75, 3.05) is 19.8 Å². The number of pyridine rings is 1. The predicted molar refractivity (Wildman–Crippen MR) is 125 cm³/mol. The van der Waals surface area contributed by atoms with Crippen LogP contribution in [-0.4, -0.2) is 56.6 Å². The van der Waals surface area contributed by atoms with Gasteiger partial charge in [0.2, 0.25) is 0 Å². The van der Waals surface area contributed by atoms with Crippen LogP contribution >= 0.6 is 0 Å². The van der Waals surface area contributed by atoms with Crippen LogP contribution in [0.1, 0.15) is 21.5 Å². The van der Waals surface area contributed by atoms with Gasteiger partial charge in [-0.15, -0.1) is 0 Å². The summed E-state index contributed by atoms with van der Waals surface area (Å²) in [6.07, 6.45) is 7.53. The Kier molecular flexibility index (Phi) is 5.95. The highest BCUT2D eigenvalue weighted by molar-refractivity contribution is 5.98. The summed E-state index contributed by atoms with van der Waals surface area (Å²) in [6.45, 7) is 3.57. The molecule has 7 nitrogen and oxygen atoms in total. The number of amides is 1. The van der Waals surface area contributed by atoms with Gasteiger partial charge in [-0.3, -0.25) is 9.78 Å². The molecular weight excluding hydrogens is 414 g/mol. The van der Waals surface area contributed by atoms with E-state index in [1.165, 1.54) is 4.80 Å². The van der Waals surface area contributed by atoms with Gasteiger partial charge in [0.05, 0.1) is 42.9 Å². The van der Waals surface area contributed by atoms with Crippen molar-refractivity contribution in [3.63, 3.8) is 0 Å². The highest BCUT2D eigenvalue weighted by Crippen LogP contribution is 2.24. The Labute approximate surface area is 192 Å². The fraction of sp³-hybridized carbons (Fsp3) is 0.231. The van der Waals surface area contributed by atoms with Crippen LogP contribution in [0.15, 0.2) is 79.4 Å². The second-order valence-electron chi connectivity index (χ2n) is 8.21. The van der Waals surface area contributed by atoms with Gasteiger partial charge in [-0.25, -0.2) is 0 Å². The van der Waals surface area contributed by atoms with E-state index in [-0.39, 0.29) is 11.9 Å². The third-order valence-electron chi connectivity index (χ3n) is 5.92. The van der Waals surface area contributed by atoms with E-state index in [1.54, 1.807) is 24.8 Å². The molecule has 0 spiro atoms. The molecule has 0 N–H and O–H groups in total. The molecule has 166 valence electrons. The van der Waals surface area contributed by atoms with E-state index >= 15 is 0 Å². The largest absolute Gasteiger partial charge is 0.377 e. The van der Waals surface area contributed by atoms with E-state index < -0.39 is 0 Å². The molecule has 1 aliphatic rings. The lowest BCUT2D eigenvalue weighted by Gasteiger charge is -2.36. The molecule has 1 saturated heterocycles. The molecule has 1 atom stereocenters. The Morgan fingerprint density at radius 2 is 1.82 bits per heavy atom. The van der Waals surface area contributed by atoms with Crippen molar-refractivity contribution in [3.8, 4) is 16.8 Å². The van der Waals surface area contributed by atoms with Gasteiger partial charge in [-0.1, -0.05) is 35.9 Å². The summed E-state index contributed by atoms with van der Waals surface area (Å²) in [5.74, 6) is -0.0235. The second kappa shape index (κ2) is 9.34.